The molecule has 3 atom stereocenters. The summed E-state index contributed by atoms with van der Waals surface area (Å²) in [6, 6.07) is 0.323. The fourth-order valence-electron chi connectivity index (χ4n) is 2.21. The third-order valence-corrected chi connectivity index (χ3v) is 3.13. The molecular weight excluding hydrogens is 190 g/mol. The zero-order valence-corrected chi connectivity index (χ0v) is 9.99. The Morgan fingerprint density at radius 1 is 1.40 bits per heavy atom. The van der Waals surface area contributed by atoms with Gasteiger partial charge in [0.15, 0.2) is 0 Å². The van der Waals surface area contributed by atoms with Crippen LogP contribution in [0.4, 0.5) is 0 Å². The Morgan fingerprint density at radius 2 is 2.00 bits per heavy atom. The van der Waals surface area contributed by atoms with Crippen molar-refractivity contribution in [2.75, 3.05) is 14.1 Å². The fraction of sp³-hybridized carbons (Fsp3) is 0.909. The van der Waals surface area contributed by atoms with Crippen molar-refractivity contribution in [1.82, 2.24) is 10.2 Å². The Bertz CT molecular complexity index is 216. The number of nitrogens with two attached hydrogens (primary N) is 1. The van der Waals surface area contributed by atoms with E-state index in [1.165, 1.54) is 12.8 Å². The molecule has 1 fully saturated rings. The van der Waals surface area contributed by atoms with E-state index in [-0.39, 0.29) is 11.9 Å². The molecular formula is C11H23N3O. The van der Waals surface area contributed by atoms with Gasteiger partial charge in [0.1, 0.15) is 0 Å². The van der Waals surface area contributed by atoms with E-state index in [2.05, 4.69) is 24.3 Å². The summed E-state index contributed by atoms with van der Waals surface area (Å²) in [6.45, 7) is 1.73. The zero-order chi connectivity index (χ0) is 11.4. The Hall–Kier alpha value is -0.610. The summed E-state index contributed by atoms with van der Waals surface area (Å²) in [4.78, 5) is 13.7. The van der Waals surface area contributed by atoms with E-state index in [1.807, 2.05) is 0 Å². The topological polar surface area (TPSA) is 58.4 Å². The van der Waals surface area contributed by atoms with Crippen molar-refractivity contribution in [3.8, 4) is 0 Å². The number of amides is 1. The summed E-state index contributed by atoms with van der Waals surface area (Å²) >= 11 is 0. The first-order chi connectivity index (χ1) is 7.02. The van der Waals surface area contributed by atoms with E-state index in [1.54, 1.807) is 6.92 Å². The molecule has 88 valence electrons. The van der Waals surface area contributed by atoms with Crippen LogP contribution in [-0.2, 0) is 4.79 Å². The van der Waals surface area contributed by atoms with E-state index in [0.29, 0.717) is 6.04 Å². The van der Waals surface area contributed by atoms with Gasteiger partial charge in [-0.25, -0.2) is 0 Å². The molecule has 3 N–H and O–H groups in total. The number of rotatable bonds is 3. The largest absolute Gasteiger partial charge is 0.350 e. The minimum Gasteiger partial charge on any atom is -0.350 e. The van der Waals surface area contributed by atoms with Crippen LogP contribution in [0, 0.1) is 0 Å². The monoisotopic (exact) mass is 213 g/mol. The van der Waals surface area contributed by atoms with Crippen molar-refractivity contribution in [2.45, 2.75) is 50.7 Å². The van der Waals surface area contributed by atoms with Crippen molar-refractivity contribution in [3.63, 3.8) is 0 Å². The van der Waals surface area contributed by atoms with E-state index in [0.717, 1.165) is 12.8 Å². The zero-order valence-electron chi connectivity index (χ0n) is 9.99. The van der Waals surface area contributed by atoms with Crippen LogP contribution >= 0.6 is 0 Å². The number of hydrogen-bond donors (Lipinski definition) is 2. The summed E-state index contributed by atoms with van der Waals surface area (Å²) in [5.74, 6) is -0.0336. The number of nitrogens with zero attached hydrogens (tertiary/aromatic N) is 1. The Labute approximate surface area is 92.2 Å². The van der Waals surface area contributed by atoms with Crippen LogP contribution in [0.15, 0.2) is 0 Å². The summed E-state index contributed by atoms with van der Waals surface area (Å²) in [5, 5.41) is 3.04. The summed E-state index contributed by atoms with van der Waals surface area (Å²) < 4.78 is 0. The molecule has 0 saturated heterocycles. The van der Waals surface area contributed by atoms with Gasteiger partial charge in [-0.05, 0) is 33.9 Å². The third kappa shape index (κ3) is 3.47. The first kappa shape index (κ1) is 12.5. The van der Waals surface area contributed by atoms with Crippen molar-refractivity contribution in [3.05, 3.63) is 0 Å². The van der Waals surface area contributed by atoms with Crippen molar-refractivity contribution in [2.24, 2.45) is 5.73 Å². The van der Waals surface area contributed by atoms with E-state index in [4.69, 9.17) is 5.73 Å². The Kier molecular flexibility index (Phi) is 4.54. The lowest BCUT2D eigenvalue weighted by atomic mass is 9.89. The van der Waals surface area contributed by atoms with Gasteiger partial charge in [0.05, 0.1) is 6.04 Å². The predicted octanol–water partition coefficient (Wildman–Crippen LogP) is 0.323. The van der Waals surface area contributed by atoms with Gasteiger partial charge in [0.2, 0.25) is 5.91 Å². The third-order valence-electron chi connectivity index (χ3n) is 3.13. The van der Waals surface area contributed by atoms with Crippen molar-refractivity contribution >= 4 is 5.91 Å². The van der Waals surface area contributed by atoms with E-state index < -0.39 is 6.04 Å². The SMILES string of the molecule is C[C@H](N)C(=O)NC1CCCCC1N(C)C. The lowest BCUT2D eigenvalue weighted by molar-refractivity contribution is -0.123. The summed E-state index contributed by atoms with van der Waals surface area (Å²) in [7, 11) is 4.14. The quantitative estimate of drug-likeness (QED) is 0.710. The molecule has 1 amide bonds. The molecule has 2 unspecified atom stereocenters. The molecule has 1 aliphatic rings. The van der Waals surface area contributed by atoms with Gasteiger partial charge in [-0.15, -0.1) is 0 Å². The molecule has 15 heavy (non-hydrogen) atoms. The number of nitrogens with one attached hydrogen (secondary N) is 1. The predicted molar refractivity (Wildman–Crippen MR) is 61.5 cm³/mol. The highest BCUT2D eigenvalue weighted by Gasteiger charge is 2.28. The highest BCUT2D eigenvalue weighted by atomic mass is 16.2. The maximum Gasteiger partial charge on any atom is 0.236 e. The number of carbonyl (C=O) groups is 1. The lowest BCUT2D eigenvalue weighted by Crippen LogP contribution is -2.54. The molecule has 0 aromatic carbocycles. The molecule has 0 aromatic heterocycles. The minimum absolute atomic E-state index is 0.0336. The first-order valence-corrected chi connectivity index (χ1v) is 5.74. The molecule has 1 saturated carbocycles. The second kappa shape index (κ2) is 5.47. The second-order valence-electron chi connectivity index (χ2n) is 4.72. The van der Waals surface area contributed by atoms with Gasteiger partial charge in [-0.1, -0.05) is 12.8 Å². The smallest absolute Gasteiger partial charge is 0.236 e. The molecule has 0 bridgehead atoms. The number of likely N-dealkylation sites (N-methyl/N-ethyl adjacent to an activating group) is 1. The van der Waals surface area contributed by atoms with Crippen LogP contribution in [0.25, 0.3) is 0 Å². The second-order valence-corrected chi connectivity index (χ2v) is 4.72. The highest BCUT2D eigenvalue weighted by Crippen LogP contribution is 2.21. The molecule has 0 aromatic rings. The van der Waals surface area contributed by atoms with Crippen molar-refractivity contribution in [1.29, 1.82) is 0 Å². The van der Waals surface area contributed by atoms with Crippen LogP contribution in [0.5, 0.6) is 0 Å². The molecule has 0 heterocycles. The lowest BCUT2D eigenvalue weighted by Gasteiger charge is -2.36. The Morgan fingerprint density at radius 3 is 2.53 bits per heavy atom. The van der Waals surface area contributed by atoms with Gasteiger partial charge in [-0.2, -0.15) is 0 Å². The number of hydrogen-bond acceptors (Lipinski definition) is 3. The maximum absolute atomic E-state index is 11.5. The van der Waals surface area contributed by atoms with E-state index in [9.17, 15) is 4.79 Å². The van der Waals surface area contributed by atoms with Crippen molar-refractivity contribution < 1.29 is 4.79 Å². The normalized spacial score (nSPS) is 28.9. The fourth-order valence-corrected chi connectivity index (χ4v) is 2.21. The molecule has 1 rings (SSSR count). The van der Waals surface area contributed by atoms with Crippen LogP contribution in [-0.4, -0.2) is 43.0 Å². The van der Waals surface area contributed by atoms with Gasteiger partial charge in [-0.3, -0.25) is 4.79 Å². The van der Waals surface area contributed by atoms with Gasteiger partial charge in [0, 0.05) is 12.1 Å². The molecule has 1 aliphatic carbocycles. The van der Waals surface area contributed by atoms with Crippen LogP contribution in [0.3, 0.4) is 0 Å². The molecule has 4 heteroatoms. The first-order valence-electron chi connectivity index (χ1n) is 5.74. The molecule has 0 aliphatic heterocycles. The van der Waals surface area contributed by atoms with Gasteiger partial charge >= 0.3 is 0 Å². The summed E-state index contributed by atoms with van der Waals surface area (Å²) in [6.07, 6.45) is 4.69. The van der Waals surface area contributed by atoms with Crippen LogP contribution in [0.2, 0.25) is 0 Å². The molecule has 0 spiro atoms. The summed E-state index contributed by atoms with van der Waals surface area (Å²) in [5.41, 5.74) is 5.55. The maximum atomic E-state index is 11.5. The van der Waals surface area contributed by atoms with Gasteiger partial charge in [0.25, 0.3) is 0 Å². The average molecular weight is 213 g/mol. The number of carbonyl (C=O) groups excluding carboxylic acids is 1. The van der Waals surface area contributed by atoms with E-state index >= 15 is 0 Å². The van der Waals surface area contributed by atoms with Gasteiger partial charge < -0.3 is 16.0 Å². The minimum atomic E-state index is -0.408. The molecule has 0 radical (unpaired) electrons. The van der Waals surface area contributed by atoms with Crippen LogP contribution in [0.1, 0.15) is 32.6 Å². The van der Waals surface area contributed by atoms with Crippen LogP contribution < -0.4 is 11.1 Å². The Balaban J connectivity index is 2.53. The average Bonchev–Trinajstić information content (AvgIpc) is 2.18. The molecule has 4 nitrogen and oxygen atoms in total. The standard InChI is InChI=1S/C11H23N3O/c1-8(12)11(15)13-9-6-4-5-7-10(9)14(2)3/h8-10H,4-7,12H2,1-3H3,(H,13,15)/t8-,9?,10?/m0/s1. The highest BCUT2D eigenvalue weighted by molar-refractivity contribution is 5.81.